The number of rotatable bonds is 4. The van der Waals surface area contributed by atoms with Crippen molar-refractivity contribution >= 4 is 17.5 Å². The highest BCUT2D eigenvalue weighted by molar-refractivity contribution is 6.01. The van der Waals surface area contributed by atoms with Crippen LogP contribution in [0.4, 0.5) is 5.69 Å². The Hall–Kier alpha value is -2.08. The summed E-state index contributed by atoms with van der Waals surface area (Å²) in [6, 6.07) is 8.86. The van der Waals surface area contributed by atoms with E-state index in [1.165, 1.54) is 12.8 Å². The summed E-state index contributed by atoms with van der Waals surface area (Å²) in [5.41, 5.74) is 0.748. The zero-order valence-corrected chi connectivity index (χ0v) is 15.5. The van der Waals surface area contributed by atoms with E-state index in [0.717, 1.165) is 18.5 Å². The smallest absolute Gasteiger partial charge is 0.228 e. The number of benzene rings is 1. The molecule has 26 heavy (non-hydrogen) atoms. The third kappa shape index (κ3) is 3.07. The fraction of sp³-hybridized carbons (Fsp3) is 0.600. The maximum atomic E-state index is 13.1. The van der Waals surface area contributed by atoms with E-state index in [-0.39, 0.29) is 30.2 Å². The quantitative estimate of drug-likeness (QED) is 0.892. The SMILES string of the molecule is COc1ccccc1N1CC(C(=O)N(C)C2CC3CCC(C2)N3)CC1=O. The first kappa shape index (κ1) is 17.3. The fourth-order valence-electron chi connectivity index (χ4n) is 4.77. The first-order chi connectivity index (χ1) is 12.6. The lowest BCUT2D eigenvalue weighted by Crippen LogP contribution is -2.50. The highest BCUT2D eigenvalue weighted by Crippen LogP contribution is 2.34. The van der Waals surface area contributed by atoms with Crippen molar-refractivity contribution < 1.29 is 14.3 Å². The van der Waals surface area contributed by atoms with Crippen LogP contribution in [0, 0.1) is 5.92 Å². The van der Waals surface area contributed by atoms with Crippen molar-refractivity contribution in [1.29, 1.82) is 0 Å². The predicted octanol–water partition coefficient (Wildman–Crippen LogP) is 1.79. The van der Waals surface area contributed by atoms with Gasteiger partial charge in [-0.3, -0.25) is 9.59 Å². The number of ether oxygens (including phenoxy) is 1. The van der Waals surface area contributed by atoms with Gasteiger partial charge in [-0.1, -0.05) is 12.1 Å². The van der Waals surface area contributed by atoms with Gasteiger partial charge in [-0.25, -0.2) is 0 Å². The Morgan fingerprint density at radius 1 is 1.23 bits per heavy atom. The zero-order valence-electron chi connectivity index (χ0n) is 15.5. The Kier molecular flexibility index (Phi) is 4.61. The second-order valence-electron chi connectivity index (χ2n) is 7.79. The number of anilines is 1. The van der Waals surface area contributed by atoms with Crippen molar-refractivity contribution in [2.45, 2.75) is 50.2 Å². The number of hydrogen-bond donors (Lipinski definition) is 1. The molecule has 3 fully saturated rings. The summed E-state index contributed by atoms with van der Waals surface area (Å²) in [4.78, 5) is 29.2. The molecule has 0 aliphatic carbocycles. The summed E-state index contributed by atoms with van der Waals surface area (Å²) < 4.78 is 5.38. The highest BCUT2D eigenvalue weighted by Gasteiger charge is 2.41. The molecule has 0 spiro atoms. The topological polar surface area (TPSA) is 61.9 Å². The minimum Gasteiger partial charge on any atom is -0.495 e. The van der Waals surface area contributed by atoms with Crippen LogP contribution in [0.2, 0.25) is 0 Å². The van der Waals surface area contributed by atoms with Crippen LogP contribution in [0.15, 0.2) is 24.3 Å². The van der Waals surface area contributed by atoms with Crippen LogP contribution in [0.5, 0.6) is 5.75 Å². The molecular formula is C20H27N3O3. The molecule has 3 aliphatic heterocycles. The molecule has 0 aromatic heterocycles. The Labute approximate surface area is 154 Å². The van der Waals surface area contributed by atoms with Gasteiger partial charge in [-0.2, -0.15) is 0 Å². The molecule has 2 bridgehead atoms. The third-order valence-electron chi connectivity index (χ3n) is 6.19. The third-order valence-corrected chi connectivity index (χ3v) is 6.19. The molecule has 0 saturated carbocycles. The molecule has 3 atom stereocenters. The van der Waals surface area contributed by atoms with Crippen LogP contribution in [-0.4, -0.2) is 55.5 Å². The van der Waals surface area contributed by atoms with Crippen LogP contribution in [0.1, 0.15) is 32.1 Å². The van der Waals surface area contributed by atoms with Gasteiger partial charge < -0.3 is 19.9 Å². The number of carbonyl (C=O) groups excluding carboxylic acids is 2. The van der Waals surface area contributed by atoms with Gasteiger partial charge in [0.1, 0.15) is 5.75 Å². The van der Waals surface area contributed by atoms with Gasteiger partial charge in [0.2, 0.25) is 11.8 Å². The molecule has 3 saturated heterocycles. The van der Waals surface area contributed by atoms with Crippen LogP contribution >= 0.6 is 0 Å². The number of amides is 2. The van der Waals surface area contributed by atoms with Gasteiger partial charge in [0.05, 0.1) is 18.7 Å². The molecule has 1 aromatic carbocycles. The second-order valence-corrected chi connectivity index (χ2v) is 7.79. The van der Waals surface area contributed by atoms with E-state index in [4.69, 9.17) is 4.74 Å². The average molecular weight is 357 g/mol. The van der Waals surface area contributed by atoms with Crippen LogP contribution < -0.4 is 15.0 Å². The van der Waals surface area contributed by atoms with Gasteiger partial charge >= 0.3 is 0 Å². The first-order valence-electron chi connectivity index (χ1n) is 9.53. The van der Waals surface area contributed by atoms with E-state index in [1.54, 1.807) is 12.0 Å². The van der Waals surface area contributed by atoms with Crippen molar-refractivity contribution in [3.8, 4) is 5.75 Å². The predicted molar refractivity (Wildman–Crippen MR) is 99.2 cm³/mol. The van der Waals surface area contributed by atoms with Gasteiger partial charge in [-0.15, -0.1) is 0 Å². The van der Waals surface area contributed by atoms with E-state index in [9.17, 15) is 9.59 Å². The minimum atomic E-state index is -0.273. The van der Waals surface area contributed by atoms with Crippen LogP contribution in [0.3, 0.4) is 0 Å². The Morgan fingerprint density at radius 3 is 2.62 bits per heavy atom. The van der Waals surface area contributed by atoms with Gasteiger partial charge in [0, 0.05) is 38.1 Å². The molecule has 6 heteroatoms. The van der Waals surface area contributed by atoms with Gasteiger partial charge in [-0.05, 0) is 37.8 Å². The van der Waals surface area contributed by atoms with E-state index in [2.05, 4.69) is 5.32 Å². The number of nitrogens with zero attached hydrogens (tertiary/aromatic N) is 2. The number of fused-ring (bicyclic) bond motifs is 2. The monoisotopic (exact) mass is 357 g/mol. The summed E-state index contributed by atoms with van der Waals surface area (Å²) in [6.45, 7) is 0.431. The average Bonchev–Trinajstić information content (AvgIpc) is 3.21. The minimum absolute atomic E-state index is 0.00775. The van der Waals surface area contributed by atoms with Gasteiger partial charge in [0.25, 0.3) is 0 Å². The maximum Gasteiger partial charge on any atom is 0.228 e. The number of para-hydroxylation sites is 2. The highest BCUT2D eigenvalue weighted by atomic mass is 16.5. The standard InChI is InChI=1S/C20H27N3O3/c1-22(16-10-14-7-8-15(11-16)21-14)20(25)13-9-19(24)23(12-13)17-5-3-4-6-18(17)26-2/h3-6,13-16,21H,7-12H2,1-2H3. The summed E-state index contributed by atoms with van der Waals surface area (Å²) in [5.74, 6) is 0.482. The molecule has 140 valence electrons. The lowest BCUT2D eigenvalue weighted by molar-refractivity contribution is -0.137. The van der Waals surface area contributed by atoms with E-state index in [1.807, 2.05) is 36.2 Å². The lowest BCUT2D eigenvalue weighted by atomic mass is 9.97. The summed E-state index contributed by atoms with van der Waals surface area (Å²) in [5, 5.41) is 3.62. The van der Waals surface area contributed by atoms with Crippen LogP contribution in [0.25, 0.3) is 0 Å². The molecule has 2 amide bonds. The van der Waals surface area contributed by atoms with Crippen molar-refractivity contribution in [1.82, 2.24) is 10.2 Å². The maximum absolute atomic E-state index is 13.1. The zero-order chi connectivity index (χ0) is 18.3. The fourth-order valence-corrected chi connectivity index (χ4v) is 4.77. The number of hydrogen-bond acceptors (Lipinski definition) is 4. The molecule has 3 unspecified atom stereocenters. The molecule has 0 radical (unpaired) electrons. The molecular weight excluding hydrogens is 330 g/mol. The molecule has 3 heterocycles. The normalized spacial score (nSPS) is 30.5. The largest absolute Gasteiger partial charge is 0.495 e. The number of piperidine rings is 1. The summed E-state index contributed by atoms with van der Waals surface area (Å²) in [6.07, 6.45) is 4.75. The van der Waals surface area contributed by atoms with E-state index >= 15 is 0 Å². The van der Waals surface area contributed by atoms with Crippen molar-refractivity contribution in [3.05, 3.63) is 24.3 Å². The number of carbonyl (C=O) groups is 2. The molecule has 1 aromatic rings. The van der Waals surface area contributed by atoms with Crippen molar-refractivity contribution in [2.24, 2.45) is 5.92 Å². The van der Waals surface area contributed by atoms with E-state index in [0.29, 0.717) is 24.4 Å². The molecule has 1 N–H and O–H groups in total. The van der Waals surface area contributed by atoms with Crippen LogP contribution in [-0.2, 0) is 9.59 Å². The van der Waals surface area contributed by atoms with Crippen molar-refractivity contribution in [2.75, 3.05) is 25.6 Å². The molecule has 4 rings (SSSR count). The Bertz CT molecular complexity index is 695. The van der Waals surface area contributed by atoms with Gasteiger partial charge in [0.15, 0.2) is 0 Å². The molecule has 3 aliphatic rings. The number of methoxy groups -OCH3 is 1. The molecule has 6 nitrogen and oxygen atoms in total. The Balaban J connectivity index is 1.45. The lowest BCUT2D eigenvalue weighted by Gasteiger charge is -2.36. The summed E-state index contributed by atoms with van der Waals surface area (Å²) >= 11 is 0. The second kappa shape index (κ2) is 6.91. The first-order valence-corrected chi connectivity index (χ1v) is 9.53. The van der Waals surface area contributed by atoms with Crippen molar-refractivity contribution in [3.63, 3.8) is 0 Å². The Morgan fingerprint density at radius 2 is 1.92 bits per heavy atom. The van der Waals surface area contributed by atoms with E-state index < -0.39 is 0 Å². The summed E-state index contributed by atoms with van der Waals surface area (Å²) in [7, 11) is 3.51. The number of nitrogens with one attached hydrogen (secondary N) is 1.